The van der Waals surface area contributed by atoms with Gasteiger partial charge in [0.2, 0.25) is 0 Å². The molecule has 20 heavy (non-hydrogen) atoms. The van der Waals surface area contributed by atoms with Gasteiger partial charge in [0.05, 0.1) is 7.11 Å². The van der Waals surface area contributed by atoms with E-state index in [1.54, 1.807) is 13.2 Å². The molecule has 0 unspecified atom stereocenters. The molecule has 2 aromatic carbocycles. The van der Waals surface area contributed by atoms with Crippen molar-refractivity contribution in [1.82, 2.24) is 0 Å². The molecule has 0 saturated heterocycles. The van der Waals surface area contributed by atoms with Gasteiger partial charge in [0.15, 0.2) is 0 Å². The summed E-state index contributed by atoms with van der Waals surface area (Å²) < 4.78 is 18.6. The number of nitrogens with zero attached hydrogens (tertiary/aromatic N) is 1. The maximum atomic E-state index is 13.4. The van der Waals surface area contributed by atoms with Gasteiger partial charge in [0, 0.05) is 30.5 Å². The Hall–Kier alpha value is -2.07. The predicted molar refractivity (Wildman–Crippen MR) is 80.1 cm³/mol. The van der Waals surface area contributed by atoms with Gasteiger partial charge in [-0.2, -0.15) is 0 Å². The predicted octanol–water partition coefficient (Wildman–Crippen LogP) is 3.62. The first-order valence-corrected chi connectivity index (χ1v) is 6.45. The highest BCUT2D eigenvalue weighted by Gasteiger charge is 2.13. The molecule has 0 aliphatic carbocycles. The zero-order chi connectivity index (χ0) is 14.7. The normalized spacial score (nSPS) is 12.1. The largest absolute Gasteiger partial charge is 0.497 e. The lowest BCUT2D eigenvalue weighted by Crippen LogP contribution is -2.16. The Bertz CT molecular complexity index is 599. The highest BCUT2D eigenvalue weighted by Crippen LogP contribution is 2.32. The number of benzene rings is 2. The summed E-state index contributed by atoms with van der Waals surface area (Å²) in [4.78, 5) is 1.97. The summed E-state index contributed by atoms with van der Waals surface area (Å²) in [6.07, 6.45) is 0. The van der Waals surface area contributed by atoms with Gasteiger partial charge in [-0.15, -0.1) is 0 Å². The van der Waals surface area contributed by atoms with Gasteiger partial charge in [-0.1, -0.05) is 6.07 Å². The zero-order valence-electron chi connectivity index (χ0n) is 11.9. The standard InChI is InChI=1S/C16H19FN2O/c1-11(18)15-9-12(17)7-8-16(15)19(2)13-5-4-6-14(10-13)20-3/h4-11H,18H2,1-3H3/t11-/m1/s1. The number of methoxy groups -OCH3 is 1. The van der Waals surface area contributed by atoms with E-state index in [0.29, 0.717) is 0 Å². The molecule has 0 radical (unpaired) electrons. The smallest absolute Gasteiger partial charge is 0.123 e. The van der Waals surface area contributed by atoms with Crippen LogP contribution in [-0.2, 0) is 0 Å². The van der Waals surface area contributed by atoms with Crippen LogP contribution < -0.4 is 15.4 Å². The Morgan fingerprint density at radius 2 is 1.95 bits per heavy atom. The highest BCUT2D eigenvalue weighted by molar-refractivity contribution is 5.67. The first kappa shape index (κ1) is 14.3. The minimum atomic E-state index is -0.278. The molecule has 0 aliphatic heterocycles. The summed E-state index contributed by atoms with van der Waals surface area (Å²) in [6, 6.07) is 12.1. The van der Waals surface area contributed by atoms with Crippen molar-refractivity contribution in [2.45, 2.75) is 13.0 Å². The average molecular weight is 274 g/mol. The number of anilines is 2. The number of rotatable bonds is 4. The third kappa shape index (κ3) is 2.91. The molecule has 0 aromatic heterocycles. The molecule has 0 aliphatic rings. The van der Waals surface area contributed by atoms with Crippen LogP contribution in [0.2, 0.25) is 0 Å². The zero-order valence-corrected chi connectivity index (χ0v) is 11.9. The van der Waals surface area contributed by atoms with E-state index in [2.05, 4.69) is 0 Å². The SMILES string of the molecule is COc1cccc(N(C)c2ccc(F)cc2[C@@H](C)N)c1. The monoisotopic (exact) mass is 274 g/mol. The maximum Gasteiger partial charge on any atom is 0.123 e. The first-order chi connectivity index (χ1) is 9.52. The van der Waals surface area contributed by atoms with E-state index in [1.807, 2.05) is 43.1 Å². The minimum absolute atomic E-state index is 0.242. The van der Waals surface area contributed by atoms with Crippen LogP contribution in [0.15, 0.2) is 42.5 Å². The lowest BCUT2D eigenvalue weighted by Gasteiger charge is -2.24. The van der Waals surface area contributed by atoms with E-state index in [4.69, 9.17) is 10.5 Å². The molecule has 0 saturated carbocycles. The molecule has 0 spiro atoms. The second kappa shape index (κ2) is 5.92. The second-order valence-electron chi connectivity index (χ2n) is 4.75. The van der Waals surface area contributed by atoms with Crippen LogP contribution in [0.5, 0.6) is 5.75 Å². The van der Waals surface area contributed by atoms with Gasteiger partial charge < -0.3 is 15.4 Å². The number of hydrogen-bond donors (Lipinski definition) is 1. The van der Waals surface area contributed by atoms with Crippen molar-refractivity contribution in [2.24, 2.45) is 5.73 Å². The highest BCUT2D eigenvalue weighted by atomic mass is 19.1. The fourth-order valence-electron chi connectivity index (χ4n) is 2.15. The molecule has 0 bridgehead atoms. The third-order valence-electron chi connectivity index (χ3n) is 3.28. The van der Waals surface area contributed by atoms with Gasteiger partial charge in [0.25, 0.3) is 0 Å². The molecule has 0 fully saturated rings. The molecule has 3 nitrogen and oxygen atoms in total. The van der Waals surface area contributed by atoms with Crippen molar-refractivity contribution in [1.29, 1.82) is 0 Å². The number of hydrogen-bond acceptors (Lipinski definition) is 3. The van der Waals surface area contributed by atoms with Gasteiger partial charge in [-0.25, -0.2) is 4.39 Å². The maximum absolute atomic E-state index is 13.4. The average Bonchev–Trinajstić information content (AvgIpc) is 2.46. The topological polar surface area (TPSA) is 38.5 Å². The Kier molecular flexibility index (Phi) is 4.25. The van der Waals surface area contributed by atoms with Crippen LogP contribution in [-0.4, -0.2) is 14.2 Å². The third-order valence-corrected chi connectivity index (χ3v) is 3.28. The number of halogens is 1. The summed E-state index contributed by atoms with van der Waals surface area (Å²) in [5.74, 6) is 0.499. The summed E-state index contributed by atoms with van der Waals surface area (Å²) in [5.41, 5.74) is 8.55. The minimum Gasteiger partial charge on any atom is -0.497 e. The van der Waals surface area contributed by atoms with Crippen LogP contribution in [0.4, 0.5) is 15.8 Å². The van der Waals surface area contributed by atoms with Crippen molar-refractivity contribution in [3.05, 3.63) is 53.8 Å². The van der Waals surface area contributed by atoms with Crippen LogP contribution in [0.3, 0.4) is 0 Å². The molecule has 0 amide bonds. The lowest BCUT2D eigenvalue weighted by atomic mass is 10.1. The van der Waals surface area contributed by atoms with Crippen molar-refractivity contribution in [2.75, 3.05) is 19.1 Å². The quantitative estimate of drug-likeness (QED) is 0.925. The first-order valence-electron chi connectivity index (χ1n) is 6.45. The molecule has 4 heteroatoms. The Morgan fingerprint density at radius 1 is 1.20 bits per heavy atom. The van der Waals surface area contributed by atoms with Crippen LogP contribution >= 0.6 is 0 Å². The Morgan fingerprint density at radius 3 is 2.60 bits per heavy atom. The van der Waals surface area contributed by atoms with E-state index < -0.39 is 0 Å². The molecule has 1 atom stereocenters. The molecular weight excluding hydrogens is 255 g/mol. The van der Waals surface area contributed by atoms with E-state index in [-0.39, 0.29) is 11.9 Å². The molecule has 2 rings (SSSR count). The summed E-state index contributed by atoms with van der Waals surface area (Å²) >= 11 is 0. The summed E-state index contributed by atoms with van der Waals surface area (Å²) in [5, 5.41) is 0. The second-order valence-corrected chi connectivity index (χ2v) is 4.75. The fourth-order valence-corrected chi connectivity index (χ4v) is 2.15. The van der Waals surface area contributed by atoms with Crippen molar-refractivity contribution in [3.63, 3.8) is 0 Å². The van der Waals surface area contributed by atoms with Gasteiger partial charge in [0.1, 0.15) is 11.6 Å². The lowest BCUT2D eigenvalue weighted by molar-refractivity contribution is 0.415. The van der Waals surface area contributed by atoms with Gasteiger partial charge >= 0.3 is 0 Å². The van der Waals surface area contributed by atoms with Gasteiger partial charge in [-0.05, 0) is 42.8 Å². The van der Waals surface area contributed by atoms with Crippen molar-refractivity contribution >= 4 is 11.4 Å². The number of nitrogens with two attached hydrogens (primary N) is 1. The van der Waals surface area contributed by atoms with E-state index in [0.717, 1.165) is 22.7 Å². The van der Waals surface area contributed by atoms with Crippen molar-refractivity contribution in [3.8, 4) is 5.75 Å². The van der Waals surface area contributed by atoms with Crippen LogP contribution in [0.25, 0.3) is 0 Å². The molecule has 2 aromatic rings. The summed E-state index contributed by atoms with van der Waals surface area (Å²) in [7, 11) is 3.55. The molecule has 106 valence electrons. The van der Waals surface area contributed by atoms with Crippen LogP contribution in [0, 0.1) is 5.82 Å². The number of ether oxygens (including phenoxy) is 1. The molecule has 0 heterocycles. The van der Waals surface area contributed by atoms with E-state index in [9.17, 15) is 4.39 Å². The fraction of sp³-hybridized carbons (Fsp3) is 0.250. The van der Waals surface area contributed by atoms with E-state index >= 15 is 0 Å². The summed E-state index contributed by atoms with van der Waals surface area (Å²) in [6.45, 7) is 1.84. The van der Waals surface area contributed by atoms with Crippen LogP contribution in [0.1, 0.15) is 18.5 Å². The van der Waals surface area contributed by atoms with Gasteiger partial charge in [-0.3, -0.25) is 0 Å². The Balaban J connectivity index is 2.44. The molecular formula is C16H19FN2O. The van der Waals surface area contributed by atoms with E-state index in [1.165, 1.54) is 12.1 Å². The Labute approximate surface area is 118 Å². The van der Waals surface area contributed by atoms with Crippen molar-refractivity contribution < 1.29 is 9.13 Å². The molecule has 2 N–H and O–H groups in total.